The van der Waals surface area contributed by atoms with Crippen LogP contribution in [-0.4, -0.2) is 19.2 Å². The highest BCUT2D eigenvalue weighted by molar-refractivity contribution is 7.71. The summed E-state index contributed by atoms with van der Waals surface area (Å²) in [4.78, 5) is 2.36. The molecule has 1 aromatic heterocycles. The molecule has 0 aliphatic rings. The van der Waals surface area contributed by atoms with Crippen LogP contribution in [0.2, 0.25) is 0 Å². The smallest absolute Gasteiger partial charge is 0.199 e. The first-order chi connectivity index (χ1) is 15.2. The lowest BCUT2D eigenvalue weighted by Crippen LogP contribution is -2.26. The second kappa shape index (κ2) is 10.2. The summed E-state index contributed by atoms with van der Waals surface area (Å²) in [6.07, 6.45) is 1.86. The van der Waals surface area contributed by atoms with Crippen LogP contribution in [-0.2, 0) is 26.3 Å². The molecule has 0 radical (unpaired) electrons. The van der Waals surface area contributed by atoms with E-state index in [0.29, 0.717) is 18.0 Å². The van der Waals surface area contributed by atoms with E-state index in [1.54, 1.807) is 0 Å². The molecule has 5 heteroatoms. The van der Waals surface area contributed by atoms with Gasteiger partial charge in [0.15, 0.2) is 10.6 Å². The normalized spacial score (nSPS) is 11.0. The van der Waals surface area contributed by atoms with Crippen LogP contribution in [0.3, 0.4) is 0 Å². The van der Waals surface area contributed by atoms with Crippen molar-refractivity contribution < 1.29 is 0 Å². The van der Waals surface area contributed by atoms with E-state index in [0.717, 1.165) is 24.5 Å². The van der Waals surface area contributed by atoms with Gasteiger partial charge in [-0.15, -0.1) is 6.58 Å². The van der Waals surface area contributed by atoms with Gasteiger partial charge in [-0.05, 0) is 23.3 Å². The maximum absolute atomic E-state index is 5.81. The van der Waals surface area contributed by atoms with Gasteiger partial charge in [-0.25, -0.2) is 4.68 Å². The Bertz CT molecular complexity index is 1120. The van der Waals surface area contributed by atoms with Crippen molar-refractivity contribution in [2.24, 2.45) is 0 Å². The highest BCUT2D eigenvalue weighted by Crippen LogP contribution is 2.19. The monoisotopic (exact) mass is 426 g/mol. The molecular formula is C26H26N4S. The third-order valence-electron chi connectivity index (χ3n) is 5.10. The molecule has 4 aromatic rings. The van der Waals surface area contributed by atoms with Crippen LogP contribution in [0.25, 0.3) is 11.4 Å². The summed E-state index contributed by atoms with van der Waals surface area (Å²) in [6, 6.07) is 31.2. The summed E-state index contributed by atoms with van der Waals surface area (Å²) in [5.41, 5.74) is 3.57. The molecule has 3 aromatic carbocycles. The number of hydrogen-bond donors (Lipinski definition) is 0. The minimum atomic E-state index is 0.604. The van der Waals surface area contributed by atoms with Crippen LogP contribution in [0.1, 0.15) is 11.1 Å². The highest BCUT2D eigenvalue weighted by atomic mass is 32.1. The van der Waals surface area contributed by atoms with Crippen molar-refractivity contribution in [3.63, 3.8) is 0 Å². The quantitative estimate of drug-likeness (QED) is 0.245. The van der Waals surface area contributed by atoms with Crippen LogP contribution >= 0.6 is 12.2 Å². The van der Waals surface area contributed by atoms with Gasteiger partial charge >= 0.3 is 0 Å². The third-order valence-corrected chi connectivity index (χ3v) is 5.53. The Morgan fingerprint density at radius 1 is 0.806 bits per heavy atom. The number of nitrogens with zero attached hydrogens (tertiary/aromatic N) is 4. The minimum Gasteiger partial charge on any atom is -0.296 e. The van der Waals surface area contributed by atoms with E-state index in [4.69, 9.17) is 17.3 Å². The molecule has 0 atom stereocenters. The van der Waals surface area contributed by atoms with Crippen LogP contribution in [0.4, 0.5) is 0 Å². The summed E-state index contributed by atoms with van der Waals surface area (Å²) < 4.78 is 4.67. The third kappa shape index (κ3) is 5.26. The van der Waals surface area contributed by atoms with E-state index in [2.05, 4.69) is 72.1 Å². The van der Waals surface area contributed by atoms with Crippen molar-refractivity contribution in [3.05, 3.63) is 120 Å². The lowest BCUT2D eigenvalue weighted by Gasteiger charge is -2.22. The minimum absolute atomic E-state index is 0.604. The van der Waals surface area contributed by atoms with Crippen molar-refractivity contribution >= 4 is 12.2 Å². The number of rotatable bonds is 9. The fourth-order valence-electron chi connectivity index (χ4n) is 3.66. The first kappa shape index (κ1) is 21.0. The average molecular weight is 427 g/mol. The molecular weight excluding hydrogens is 400 g/mol. The van der Waals surface area contributed by atoms with E-state index in [-0.39, 0.29) is 0 Å². The predicted octanol–water partition coefficient (Wildman–Crippen LogP) is 5.93. The molecule has 1 heterocycles. The van der Waals surface area contributed by atoms with Gasteiger partial charge in [0.1, 0.15) is 0 Å². The molecule has 0 fully saturated rings. The Kier molecular flexibility index (Phi) is 6.87. The van der Waals surface area contributed by atoms with E-state index in [1.165, 1.54) is 11.1 Å². The van der Waals surface area contributed by atoms with Crippen LogP contribution in [0, 0.1) is 4.77 Å². The second-order valence-electron chi connectivity index (χ2n) is 7.47. The topological polar surface area (TPSA) is 26.0 Å². The van der Waals surface area contributed by atoms with Gasteiger partial charge in [0.25, 0.3) is 0 Å². The number of aromatic nitrogens is 3. The number of allylic oxidation sites excluding steroid dienone is 1. The largest absolute Gasteiger partial charge is 0.296 e. The standard InChI is InChI=1S/C26H26N4S/c1-2-18-29-25(24-16-10-5-11-17-24)27-30(26(29)31)21-28(19-22-12-6-3-7-13-22)20-23-14-8-4-9-15-23/h2-17H,1,18-21H2. The Morgan fingerprint density at radius 2 is 1.32 bits per heavy atom. The lowest BCUT2D eigenvalue weighted by atomic mass is 10.2. The first-order valence-electron chi connectivity index (χ1n) is 10.4. The summed E-state index contributed by atoms with van der Waals surface area (Å²) in [5.74, 6) is 0.866. The van der Waals surface area contributed by atoms with Crippen molar-refractivity contribution in [2.45, 2.75) is 26.3 Å². The number of hydrogen-bond acceptors (Lipinski definition) is 3. The zero-order valence-corrected chi connectivity index (χ0v) is 18.3. The summed E-state index contributed by atoms with van der Waals surface area (Å²) in [6.45, 7) is 6.75. The Labute approximate surface area is 188 Å². The molecule has 156 valence electrons. The van der Waals surface area contributed by atoms with E-state index < -0.39 is 0 Å². The Balaban J connectivity index is 1.67. The molecule has 0 bridgehead atoms. The van der Waals surface area contributed by atoms with Gasteiger partial charge in [0.05, 0.1) is 6.67 Å². The summed E-state index contributed by atoms with van der Waals surface area (Å²) in [5, 5.41) is 4.91. The Morgan fingerprint density at radius 3 is 1.84 bits per heavy atom. The first-order valence-corrected chi connectivity index (χ1v) is 10.8. The van der Waals surface area contributed by atoms with Crippen molar-refractivity contribution in [2.75, 3.05) is 0 Å². The van der Waals surface area contributed by atoms with E-state index >= 15 is 0 Å². The van der Waals surface area contributed by atoms with Gasteiger partial charge in [-0.3, -0.25) is 9.47 Å². The van der Waals surface area contributed by atoms with Crippen LogP contribution in [0.5, 0.6) is 0 Å². The average Bonchev–Trinajstić information content (AvgIpc) is 3.11. The van der Waals surface area contributed by atoms with E-state index in [9.17, 15) is 0 Å². The molecule has 0 N–H and O–H groups in total. The SMILES string of the molecule is C=CCn1c(-c2ccccc2)nn(CN(Cc2ccccc2)Cc2ccccc2)c1=S. The summed E-state index contributed by atoms with van der Waals surface area (Å²) in [7, 11) is 0. The van der Waals surface area contributed by atoms with Gasteiger partial charge < -0.3 is 0 Å². The molecule has 4 rings (SSSR count). The second-order valence-corrected chi connectivity index (χ2v) is 7.84. The molecule has 0 saturated carbocycles. The van der Waals surface area contributed by atoms with Gasteiger partial charge in [0.2, 0.25) is 0 Å². The van der Waals surface area contributed by atoms with Crippen molar-refractivity contribution in [1.29, 1.82) is 0 Å². The molecule has 0 spiro atoms. The predicted molar refractivity (Wildman–Crippen MR) is 129 cm³/mol. The zero-order valence-electron chi connectivity index (χ0n) is 17.5. The van der Waals surface area contributed by atoms with Crippen LogP contribution in [0.15, 0.2) is 104 Å². The highest BCUT2D eigenvalue weighted by Gasteiger charge is 2.15. The maximum Gasteiger partial charge on any atom is 0.199 e. The number of benzene rings is 3. The molecule has 0 unspecified atom stereocenters. The lowest BCUT2D eigenvalue weighted by molar-refractivity contribution is 0.188. The van der Waals surface area contributed by atoms with Crippen molar-refractivity contribution in [1.82, 2.24) is 19.2 Å². The van der Waals surface area contributed by atoms with Gasteiger partial charge in [-0.1, -0.05) is 97.1 Å². The van der Waals surface area contributed by atoms with Crippen LogP contribution < -0.4 is 0 Å². The van der Waals surface area contributed by atoms with Crippen molar-refractivity contribution in [3.8, 4) is 11.4 Å². The molecule has 31 heavy (non-hydrogen) atoms. The zero-order chi connectivity index (χ0) is 21.5. The fraction of sp³-hybridized carbons (Fsp3) is 0.154. The molecule has 0 amide bonds. The fourth-order valence-corrected chi connectivity index (χ4v) is 3.92. The molecule has 0 aliphatic carbocycles. The Hall–Kier alpha value is -3.28. The molecule has 0 saturated heterocycles. The van der Waals surface area contributed by atoms with Gasteiger partial charge in [0, 0.05) is 25.2 Å². The maximum atomic E-state index is 5.81. The molecule has 4 nitrogen and oxygen atoms in total. The summed E-state index contributed by atoms with van der Waals surface area (Å²) >= 11 is 5.81. The van der Waals surface area contributed by atoms with E-state index in [1.807, 2.05) is 45.7 Å². The van der Waals surface area contributed by atoms with Gasteiger partial charge in [-0.2, -0.15) is 5.10 Å². The molecule has 0 aliphatic heterocycles.